The number of piperidine rings is 1. The normalized spacial score (nSPS) is 19.0. The van der Waals surface area contributed by atoms with E-state index in [1.54, 1.807) is 4.90 Å². The topological polar surface area (TPSA) is 64.7 Å². The summed E-state index contributed by atoms with van der Waals surface area (Å²) in [6, 6.07) is 7.36. The Labute approximate surface area is 149 Å². The van der Waals surface area contributed by atoms with Crippen LogP contribution in [0.15, 0.2) is 24.3 Å². The first kappa shape index (κ1) is 17.7. The van der Waals surface area contributed by atoms with E-state index in [0.717, 1.165) is 57.7 Å². The number of amides is 3. The molecule has 1 aromatic carbocycles. The molecule has 3 amide bonds. The molecule has 0 aromatic heterocycles. The average Bonchev–Trinajstić information content (AvgIpc) is 2.67. The molecule has 0 atom stereocenters. The molecule has 0 bridgehead atoms. The molecule has 25 heavy (non-hydrogen) atoms. The van der Waals surface area contributed by atoms with Crippen LogP contribution in [0.3, 0.4) is 0 Å². The van der Waals surface area contributed by atoms with Gasteiger partial charge < -0.3 is 15.5 Å². The summed E-state index contributed by atoms with van der Waals surface area (Å²) in [5.74, 6) is 0.730. The van der Waals surface area contributed by atoms with E-state index < -0.39 is 0 Å². The molecule has 0 saturated carbocycles. The Kier molecular flexibility index (Phi) is 5.91. The summed E-state index contributed by atoms with van der Waals surface area (Å²) in [5, 5.41) is 6.24. The van der Waals surface area contributed by atoms with E-state index >= 15 is 0 Å². The van der Waals surface area contributed by atoms with Crippen LogP contribution < -0.4 is 15.5 Å². The molecule has 2 fully saturated rings. The van der Waals surface area contributed by atoms with Crippen molar-refractivity contribution in [3.8, 4) is 0 Å². The van der Waals surface area contributed by atoms with Crippen LogP contribution in [0.25, 0.3) is 0 Å². The summed E-state index contributed by atoms with van der Waals surface area (Å²) in [4.78, 5) is 28.5. The van der Waals surface area contributed by atoms with Crippen molar-refractivity contribution < 1.29 is 9.59 Å². The lowest BCUT2D eigenvalue weighted by molar-refractivity contribution is 0.0690. The van der Waals surface area contributed by atoms with E-state index in [1.165, 1.54) is 0 Å². The van der Waals surface area contributed by atoms with E-state index in [4.69, 9.17) is 0 Å². The molecule has 6 nitrogen and oxygen atoms in total. The quantitative estimate of drug-likeness (QED) is 0.859. The highest BCUT2D eigenvalue weighted by atomic mass is 16.2. The van der Waals surface area contributed by atoms with Gasteiger partial charge in [-0.15, -0.1) is 0 Å². The first-order valence-electron chi connectivity index (χ1n) is 9.34. The molecule has 2 aliphatic rings. The maximum atomic E-state index is 12.8. The van der Waals surface area contributed by atoms with Crippen molar-refractivity contribution in [1.82, 2.24) is 15.5 Å². The standard InChI is InChI=1S/C19H28N4O2/c1-2-20-14-15-7-11-22(12-8-15)18(24)16-5-3-6-17(13-16)23-10-4-9-21-19(23)25/h3,5-6,13,15,20H,2,4,7-12,14H2,1H3,(H,21,25). The highest BCUT2D eigenvalue weighted by Gasteiger charge is 2.25. The number of nitrogens with one attached hydrogen (secondary N) is 2. The van der Waals surface area contributed by atoms with Crippen LogP contribution in [-0.4, -0.2) is 56.1 Å². The molecule has 1 aromatic rings. The summed E-state index contributed by atoms with van der Waals surface area (Å²) >= 11 is 0. The van der Waals surface area contributed by atoms with Gasteiger partial charge in [0.15, 0.2) is 0 Å². The third kappa shape index (κ3) is 4.31. The molecule has 0 unspecified atom stereocenters. The summed E-state index contributed by atoms with van der Waals surface area (Å²) < 4.78 is 0. The minimum absolute atomic E-state index is 0.0705. The summed E-state index contributed by atoms with van der Waals surface area (Å²) in [7, 11) is 0. The number of benzene rings is 1. The van der Waals surface area contributed by atoms with Crippen LogP contribution in [0.5, 0.6) is 0 Å². The molecule has 2 saturated heterocycles. The minimum Gasteiger partial charge on any atom is -0.339 e. The van der Waals surface area contributed by atoms with Crippen molar-refractivity contribution in [2.24, 2.45) is 5.92 Å². The second-order valence-corrected chi connectivity index (χ2v) is 6.83. The van der Waals surface area contributed by atoms with Crippen molar-refractivity contribution in [2.45, 2.75) is 26.2 Å². The van der Waals surface area contributed by atoms with Crippen LogP contribution >= 0.6 is 0 Å². The van der Waals surface area contributed by atoms with Crippen LogP contribution in [0, 0.1) is 5.92 Å². The monoisotopic (exact) mass is 344 g/mol. The van der Waals surface area contributed by atoms with Gasteiger partial charge in [-0.2, -0.15) is 0 Å². The fourth-order valence-corrected chi connectivity index (χ4v) is 3.55. The molecule has 0 aliphatic carbocycles. The predicted molar refractivity (Wildman–Crippen MR) is 99.0 cm³/mol. The Bertz CT molecular complexity index is 611. The third-order valence-corrected chi connectivity index (χ3v) is 5.07. The SMILES string of the molecule is CCNCC1CCN(C(=O)c2cccc(N3CCCNC3=O)c2)CC1. The maximum absolute atomic E-state index is 12.8. The van der Waals surface area contributed by atoms with Gasteiger partial charge in [0.25, 0.3) is 5.91 Å². The highest BCUT2D eigenvalue weighted by Crippen LogP contribution is 2.22. The van der Waals surface area contributed by atoms with Crippen molar-refractivity contribution in [3.05, 3.63) is 29.8 Å². The lowest BCUT2D eigenvalue weighted by atomic mass is 9.96. The molecule has 2 N–H and O–H groups in total. The van der Waals surface area contributed by atoms with Crippen molar-refractivity contribution in [2.75, 3.05) is 44.2 Å². The number of hydrogen-bond acceptors (Lipinski definition) is 3. The number of carbonyl (C=O) groups excluding carboxylic acids is 2. The van der Waals surface area contributed by atoms with Crippen LogP contribution in [0.4, 0.5) is 10.5 Å². The van der Waals surface area contributed by atoms with Gasteiger partial charge in [-0.05, 0) is 56.5 Å². The predicted octanol–water partition coefficient (Wildman–Crippen LogP) is 2.07. The Morgan fingerprint density at radius 3 is 2.80 bits per heavy atom. The van der Waals surface area contributed by atoms with E-state index in [2.05, 4.69) is 17.6 Å². The van der Waals surface area contributed by atoms with E-state index in [1.807, 2.05) is 29.2 Å². The Balaban J connectivity index is 1.63. The number of hydrogen-bond donors (Lipinski definition) is 2. The molecule has 6 heteroatoms. The second kappa shape index (κ2) is 8.34. The molecular formula is C19H28N4O2. The van der Waals surface area contributed by atoms with Gasteiger partial charge in [0, 0.05) is 37.4 Å². The van der Waals surface area contributed by atoms with Gasteiger partial charge in [-0.25, -0.2) is 4.79 Å². The molecule has 2 heterocycles. The fraction of sp³-hybridized carbons (Fsp3) is 0.579. The number of carbonyl (C=O) groups is 2. The number of nitrogens with zero attached hydrogens (tertiary/aromatic N) is 2. The van der Waals surface area contributed by atoms with Gasteiger partial charge in [0.2, 0.25) is 0 Å². The van der Waals surface area contributed by atoms with Crippen molar-refractivity contribution >= 4 is 17.6 Å². The molecule has 2 aliphatic heterocycles. The highest BCUT2D eigenvalue weighted by molar-refractivity contribution is 5.98. The maximum Gasteiger partial charge on any atom is 0.321 e. The van der Waals surface area contributed by atoms with Crippen molar-refractivity contribution in [3.63, 3.8) is 0 Å². The van der Waals surface area contributed by atoms with Gasteiger partial charge in [-0.3, -0.25) is 9.69 Å². The number of anilines is 1. The Morgan fingerprint density at radius 2 is 2.08 bits per heavy atom. The second-order valence-electron chi connectivity index (χ2n) is 6.83. The number of urea groups is 1. The van der Waals surface area contributed by atoms with E-state index in [9.17, 15) is 9.59 Å². The third-order valence-electron chi connectivity index (χ3n) is 5.07. The summed E-state index contributed by atoms with van der Waals surface area (Å²) in [5.41, 5.74) is 1.46. The molecular weight excluding hydrogens is 316 g/mol. The molecule has 0 spiro atoms. The Hall–Kier alpha value is -2.08. The van der Waals surface area contributed by atoms with Crippen LogP contribution in [0.2, 0.25) is 0 Å². The van der Waals surface area contributed by atoms with E-state index in [-0.39, 0.29) is 11.9 Å². The Morgan fingerprint density at radius 1 is 1.28 bits per heavy atom. The lowest BCUT2D eigenvalue weighted by Crippen LogP contribution is -2.46. The minimum atomic E-state index is -0.0833. The first-order valence-corrected chi connectivity index (χ1v) is 9.34. The number of likely N-dealkylation sites (tertiary alicyclic amines) is 1. The smallest absolute Gasteiger partial charge is 0.321 e. The van der Waals surface area contributed by atoms with Gasteiger partial charge in [0.05, 0.1) is 0 Å². The van der Waals surface area contributed by atoms with Crippen LogP contribution in [0.1, 0.15) is 36.5 Å². The zero-order valence-corrected chi connectivity index (χ0v) is 15.0. The summed E-state index contributed by atoms with van der Waals surface area (Å²) in [6.45, 7) is 7.18. The lowest BCUT2D eigenvalue weighted by Gasteiger charge is -2.32. The van der Waals surface area contributed by atoms with Gasteiger partial charge in [0.1, 0.15) is 0 Å². The largest absolute Gasteiger partial charge is 0.339 e. The van der Waals surface area contributed by atoms with Gasteiger partial charge >= 0.3 is 6.03 Å². The number of rotatable bonds is 5. The average molecular weight is 344 g/mol. The first-order chi connectivity index (χ1) is 12.2. The van der Waals surface area contributed by atoms with Crippen LogP contribution in [-0.2, 0) is 0 Å². The van der Waals surface area contributed by atoms with E-state index in [0.29, 0.717) is 18.0 Å². The molecule has 3 rings (SSSR count). The fourth-order valence-electron chi connectivity index (χ4n) is 3.55. The zero-order valence-electron chi connectivity index (χ0n) is 15.0. The van der Waals surface area contributed by atoms with Crippen molar-refractivity contribution in [1.29, 1.82) is 0 Å². The summed E-state index contributed by atoms with van der Waals surface area (Å²) in [6.07, 6.45) is 3.02. The van der Waals surface area contributed by atoms with Gasteiger partial charge in [-0.1, -0.05) is 13.0 Å². The molecule has 0 radical (unpaired) electrons. The zero-order chi connectivity index (χ0) is 17.6. The molecule has 136 valence electrons.